The number of hydrogen-bond donors (Lipinski definition) is 1. The lowest BCUT2D eigenvalue weighted by Gasteiger charge is -2.33. The number of rotatable bonds is 12. The summed E-state index contributed by atoms with van der Waals surface area (Å²) in [6, 6.07) is 21.8. The van der Waals surface area contributed by atoms with Crippen LogP contribution in [0.15, 0.2) is 88.2 Å². The summed E-state index contributed by atoms with van der Waals surface area (Å²) < 4.78 is 29.5. The summed E-state index contributed by atoms with van der Waals surface area (Å²) in [7, 11) is -4.08. The van der Waals surface area contributed by atoms with Gasteiger partial charge in [-0.05, 0) is 61.2 Å². The molecule has 0 spiro atoms. The average Bonchev–Trinajstić information content (AvgIpc) is 2.91. The lowest BCUT2D eigenvalue weighted by molar-refractivity contribution is -0.140. The van der Waals surface area contributed by atoms with Gasteiger partial charge in [-0.3, -0.25) is 13.9 Å². The largest absolute Gasteiger partial charge is 0.354 e. The highest BCUT2D eigenvalue weighted by atomic mass is 79.9. The summed E-state index contributed by atoms with van der Waals surface area (Å²) >= 11 is 3.39. The van der Waals surface area contributed by atoms with Gasteiger partial charge in [-0.1, -0.05) is 84.7 Å². The first-order valence-electron chi connectivity index (χ1n) is 13.0. The average molecular weight is 615 g/mol. The van der Waals surface area contributed by atoms with Gasteiger partial charge in [0.2, 0.25) is 11.8 Å². The number of anilines is 1. The molecule has 0 saturated heterocycles. The third-order valence-corrected chi connectivity index (χ3v) is 8.55. The summed E-state index contributed by atoms with van der Waals surface area (Å²) in [6.07, 6.45) is 0.380. The highest BCUT2D eigenvalue weighted by Gasteiger charge is 2.33. The van der Waals surface area contributed by atoms with Crippen molar-refractivity contribution in [3.05, 3.63) is 94.5 Å². The van der Waals surface area contributed by atoms with Gasteiger partial charge in [0, 0.05) is 17.6 Å². The van der Waals surface area contributed by atoms with Crippen molar-refractivity contribution in [2.45, 2.75) is 51.6 Å². The van der Waals surface area contributed by atoms with E-state index in [1.54, 1.807) is 42.5 Å². The van der Waals surface area contributed by atoms with Gasteiger partial charge in [0.05, 0.1) is 10.6 Å². The van der Waals surface area contributed by atoms with Crippen LogP contribution in [0.5, 0.6) is 0 Å². The van der Waals surface area contributed by atoms with Crippen LogP contribution in [0.1, 0.15) is 38.3 Å². The minimum Gasteiger partial charge on any atom is -0.354 e. The number of aryl methyl sites for hydroxylation is 1. The number of nitrogens with one attached hydrogen (secondary N) is 1. The number of nitrogens with zero attached hydrogens (tertiary/aromatic N) is 2. The van der Waals surface area contributed by atoms with E-state index < -0.39 is 28.5 Å². The van der Waals surface area contributed by atoms with E-state index in [0.29, 0.717) is 18.7 Å². The number of carbonyl (C=O) groups excluding carboxylic acids is 2. The smallest absolute Gasteiger partial charge is 0.264 e. The fourth-order valence-corrected chi connectivity index (χ4v) is 5.90. The fourth-order valence-electron chi connectivity index (χ4n) is 4.21. The van der Waals surface area contributed by atoms with Crippen molar-refractivity contribution in [1.29, 1.82) is 0 Å². The monoisotopic (exact) mass is 613 g/mol. The molecule has 3 aromatic carbocycles. The summed E-state index contributed by atoms with van der Waals surface area (Å²) in [4.78, 5) is 28.9. The van der Waals surface area contributed by atoms with Gasteiger partial charge in [-0.25, -0.2) is 8.42 Å². The van der Waals surface area contributed by atoms with E-state index in [1.165, 1.54) is 17.0 Å². The zero-order valence-corrected chi connectivity index (χ0v) is 25.2. The molecule has 0 saturated carbocycles. The van der Waals surface area contributed by atoms with Crippen LogP contribution in [-0.2, 0) is 26.2 Å². The van der Waals surface area contributed by atoms with E-state index in [-0.39, 0.29) is 23.3 Å². The highest BCUT2D eigenvalue weighted by molar-refractivity contribution is 9.10. The van der Waals surface area contributed by atoms with E-state index in [2.05, 4.69) is 21.2 Å². The molecule has 7 nitrogen and oxygen atoms in total. The normalized spacial score (nSPS) is 12.2. The second-order valence-corrected chi connectivity index (χ2v) is 12.7. The number of sulfonamides is 1. The van der Waals surface area contributed by atoms with Gasteiger partial charge >= 0.3 is 0 Å². The molecule has 0 heterocycles. The highest BCUT2D eigenvalue weighted by Crippen LogP contribution is 2.26. The van der Waals surface area contributed by atoms with Crippen molar-refractivity contribution in [1.82, 2.24) is 10.2 Å². The van der Waals surface area contributed by atoms with Crippen molar-refractivity contribution in [3.8, 4) is 0 Å². The topological polar surface area (TPSA) is 86.8 Å². The molecular weight excluding hydrogens is 578 g/mol. The van der Waals surface area contributed by atoms with Crippen molar-refractivity contribution in [2.75, 3.05) is 17.4 Å². The van der Waals surface area contributed by atoms with Crippen LogP contribution >= 0.6 is 15.9 Å². The third kappa shape index (κ3) is 8.16. The SMILES string of the molecule is CC[C@@H](C(=O)NCC(C)C)N(Cc1cccc(C)c1)C(=O)CN(c1ccc(Br)cc1)S(=O)(=O)c1ccccc1. The quantitative estimate of drug-likeness (QED) is 0.291. The lowest BCUT2D eigenvalue weighted by atomic mass is 10.1. The van der Waals surface area contributed by atoms with Crippen molar-refractivity contribution >= 4 is 43.5 Å². The van der Waals surface area contributed by atoms with E-state index in [0.717, 1.165) is 19.9 Å². The molecule has 0 fully saturated rings. The third-order valence-electron chi connectivity index (χ3n) is 6.23. The Kier molecular flexibility index (Phi) is 10.7. The van der Waals surface area contributed by atoms with Crippen LogP contribution < -0.4 is 9.62 Å². The molecular formula is C30H36BrN3O4S. The molecule has 39 heavy (non-hydrogen) atoms. The van der Waals surface area contributed by atoms with Crippen molar-refractivity contribution in [3.63, 3.8) is 0 Å². The molecule has 0 aliphatic heterocycles. The molecule has 9 heteroatoms. The zero-order valence-electron chi connectivity index (χ0n) is 22.8. The summed E-state index contributed by atoms with van der Waals surface area (Å²) in [5.41, 5.74) is 2.24. The molecule has 0 radical (unpaired) electrons. The number of hydrogen-bond acceptors (Lipinski definition) is 4. The standard InChI is InChI=1S/C30H36BrN3O4S/c1-5-28(30(36)32-19-22(2)3)33(20-24-11-9-10-23(4)18-24)29(35)21-34(26-16-14-25(31)15-17-26)39(37,38)27-12-7-6-8-13-27/h6-18,22,28H,5,19-21H2,1-4H3,(H,32,36)/t28-/m0/s1. The van der Waals surface area contributed by atoms with Gasteiger partial charge < -0.3 is 10.2 Å². The van der Waals surface area contributed by atoms with Crippen LogP contribution in [0.25, 0.3) is 0 Å². The maximum atomic E-state index is 14.0. The molecule has 0 unspecified atom stereocenters. The molecule has 3 aromatic rings. The Labute approximate surface area is 240 Å². The number of halogens is 1. The predicted molar refractivity (Wildman–Crippen MR) is 159 cm³/mol. The predicted octanol–water partition coefficient (Wildman–Crippen LogP) is 5.53. The van der Waals surface area contributed by atoms with E-state index in [4.69, 9.17) is 0 Å². The van der Waals surface area contributed by atoms with Gasteiger partial charge in [-0.15, -0.1) is 0 Å². The maximum Gasteiger partial charge on any atom is 0.264 e. The van der Waals surface area contributed by atoms with Crippen molar-refractivity contribution < 1.29 is 18.0 Å². The number of benzene rings is 3. The molecule has 0 aliphatic rings. The van der Waals surface area contributed by atoms with Crippen LogP contribution in [-0.4, -0.2) is 44.3 Å². The van der Waals surface area contributed by atoms with Crippen LogP contribution in [0.3, 0.4) is 0 Å². The molecule has 1 N–H and O–H groups in total. The first-order chi connectivity index (χ1) is 18.5. The minimum absolute atomic E-state index is 0.0765. The first-order valence-corrected chi connectivity index (χ1v) is 15.2. The molecule has 0 aromatic heterocycles. The Morgan fingerprint density at radius 2 is 1.62 bits per heavy atom. The van der Waals surface area contributed by atoms with Crippen LogP contribution in [0.4, 0.5) is 5.69 Å². The summed E-state index contributed by atoms with van der Waals surface area (Å²) in [5, 5.41) is 2.94. The molecule has 0 bridgehead atoms. The van der Waals surface area contributed by atoms with Gasteiger partial charge in [-0.2, -0.15) is 0 Å². The Balaban J connectivity index is 2.03. The van der Waals surface area contributed by atoms with Gasteiger partial charge in [0.1, 0.15) is 12.6 Å². The molecule has 208 valence electrons. The second kappa shape index (κ2) is 13.8. The van der Waals surface area contributed by atoms with E-state index in [9.17, 15) is 18.0 Å². The second-order valence-electron chi connectivity index (χ2n) is 9.87. The molecule has 1 atom stereocenters. The lowest BCUT2D eigenvalue weighted by Crippen LogP contribution is -2.52. The minimum atomic E-state index is -4.08. The Morgan fingerprint density at radius 3 is 2.21 bits per heavy atom. The zero-order chi connectivity index (χ0) is 28.6. The Morgan fingerprint density at radius 1 is 0.949 bits per heavy atom. The fraction of sp³-hybridized carbons (Fsp3) is 0.333. The first kappa shape index (κ1) is 30.4. The van der Waals surface area contributed by atoms with Gasteiger partial charge in [0.25, 0.3) is 10.0 Å². The Bertz CT molecular complexity index is 1360. The van der Waals surface area contributed by atoms with E-state index >= 15 is 0 Å². The van der Waals surface area contributed by atoms with Crippen molar-refractivity contribution in [2.24, 2.45) is 5.92 Å². The summed E-state index contributed by atoms with van der Waals surface area (Å²) in [5.74, 6) is -0.477. The van der Waals surface area contributed by atoms with E-state index in [1.807, 2.05) is 52.0 Å². The summed E-state index contributed by atoms with van der Waals surface area (Å²) in [6.45, 7) is 8.01. The van der Waals surface area contributed by atoms with Gasteiger partial charge in [0.15, 0.2) is 0 Å². The number of carbonyl (C=O) groups is 2. The van der Waals surface area contributed by atoms with Crippen LogP contribution in [0, 0.1) is 12.8 Å². The maximum absolute atomic E-state index is 14.0. The molecule has 2 amide bonds. The Hall–Kier alpha value is -3.17. The van der Waals surface area contributed by atoms with Crippen LogP contribution in [0.2, 0.25) is 0 Å². The molecule has 0 aliphatic carbocycles. The molecule has 3 rings (SSSR count). The number of amides is 2.